The molecule has 8 heteroatoms. The lowest BCUT2D eigenvalue weighted by Gasteiger charge is -2.36. The number of piperidine rings is 1. The number of thioether (sulfide) groups is 1. The van der Waals surface area contributed by atoms with E-state index in [4.69, 9.17) is 9.15 Å². The third-order valence-electron chi connectivity index (χ3n) is 4.72. The van der Waals surface area contributed by atoms with Crippen LogP contribution in [0.1, 0.15) is 46.1 Å². The topological polar surface area (TPSA) is 68.5 Å². The van der Waals surface area contributed by atoms with E-state index in [1.165, 1.54) is 17.8 Å². The van der Waals surface area contributed by atoms with Crippen molar-refractivity contribution in [1.29, 1.82) is 0 Å². The van der Waals surface area contributed by atoms with Gasteiger partial charge in [0.25, 0.3) is 11.1 Å². The van der Waals surface area contributed by atoms with Crippen molar-refractivity contribution in [3.05, 3.63) is 36.0 Å². The maximum atomic E-state index is 13.7. The molecule has 1 aliphatic heterocycles. The number of likely N-dealkylation sites (tertiary alicyclic amines) is 1. The van der Waals surface area contributed by atoms with Crippen molar-refractivity contribution in [2.75, 3.05) is 13.1 Å². The Balaban J connectivity index is 1.59. The summed E-state index contributed by atoms with van der Waals surface area (Å²) in [5.74, 6) is 1.02. The number of rotatable bonds is 6. The van der Waals surface area contributed by atoms with Gasteiger partial charge in [-0.1, -0.05) is 37.7 Å². The Labute approximate surface area is 168 Å². The molecule has 1 amide bonds. The van der Waals surface area contributed by atoms with Crippen LogP contribution in [0.15, 0.2) is 33.9 Å². The molecule has 4 atom stereocenters. The van der Waals surface area contributed by atoms with Crippen LogP contribution in [-0.2, 0) is 4.79 Å². The number of halogens is 1. The fourth-order valence-electron chi connectivity index (χ4n) is 3.52. The summed E-state index contributed by atoms with van der Waals surface area (Å²) in [6, 6.07) is 6.15. The highest BCUT2D eigenvalue weighted by Gasteiger charge is 2.30. The van der Waals surface area contributed by atoms with Crippen LogP contribution in [0.4, 0.5) is 4.39 Å². The zero-order valence-corrected chi connectivity index (χ0v) is 17.4. The van der Waals surface area contributed by atoms with Gasteiger partial charge in [-0.2, -0.15) is 0 Å². The lowest BCUT2D eigenvalue weighted by Crippen LogP contribution is -2.45. The van der Waals surface area contributed by atoms with Gasteiger partial charge in [0.15, 0.2) is 17.7 Å². The first-order chi connectivity index (χ1) is 13.3. The molecule has 0 radical (unpaired) electrons. The van der Waals surface area contributed by atoms with Crippen LogP contribution in [0, 0.1) is 17.7 Å². The molecule has 1 aromatic carbocycles. The highest BCUT2D eigenvalue weighted by atomic mass is 32.2. The van der Waals surface area contributed by atoms with Crippen molar-refractivity contribution >= 4 is 17.7 Å². The van der Waals surface area contributed by atoms with Crippen LogP contribution in [0.25, 0.3) is 0 Å². The van der Waals surface area contributed by atoms with Gasteiger partial charge in [-0.05, 0) is 44.2 Å². The molecule has 0 unspecified atom stereocenters. The van der Waals surface area contributed by atoms with Crippen molar-refractivity contribution in [3.8, 4) is 5.75 Å². The van der Waals surface area contributed by atoms with E-state index in [1.807, 2.05) is 11.8 Å². The molecule has 2 aromatic rings. The number of carbonyl (C=O) groups is 1. The van der Waals surface area contributed by atoms with Gasteiger partial charge in [0.05, 0.1) is 5.25 Å². The van der Waals surface area contributed by atoms with Crippen LogP contribution >= 0.6 is 11.8 Å². The van der Waals surface area contributed by atoms with Gasteiger partial charge in [-0.3, -0.25) is 4.79 Å². The molecule has 0 aliphatic carbocycles. The van der Waals surface area contributed by atoms with E-state index in [-0.39, 0.29) is 22.8 Å². The van der Waals surface area contributed by atoms with Crippen molar-refractivity contribution < 1.29 is 18.3 Å². The molecule has 0 N–H and O–H groups in total. The van der Waals surface area contributed by atoms with E-state index in [0.29, 0.717) is 17.1 Å². The predicted octanol–water partition coefficient (Wildman–Crippen LogP) is 4.33. The standard InChI is InChI=1S/C20H26FN3O3S/c1-12-9-13(2)11-24(10-12)19(25)15(4)28-20-23-22-18(27-20)14(3)26-17-8-6-5-7-16(17)21/h5-8,12-15H,9-11H2,1-4H3/t12-,13+,14-,15+/m1/s1. The Morgan fingerprint density at radius 2 is 1.93 bits per heavy atom. The maximum absolute atomic E-state index is 13.7. The minimum atomic E-state index is -0.603. The van der Waals surface area contributed by atoms with E-state index >= 15 is 0 Å². The first kappa shape index (κ1) is 20.6. The van der Waals surface area contributed by atoms with Crippen LogP contribution in [-0.4, -0.2) is 39.3 Å². The zero-order valence-electron chi connectivity index (χ0n) is 16.6. The minimum absolute atomic E-state index is 0.0822. The van der Waals surface area contributed by atoms with Gasteiger partial charge in [0.2, 0.25) is 5.91 Å². The Morgan fingerprint density at radius 1 is 1.25 bits per heavy atom. The molecule has 28 heavy (non-hydrogen) atoms. The summed E-state index contributed by atoms with van der Waals surface area (Å²) >= 11 is 1.23. The molecule has 152 valence electrons. The number of ether oxygens (including phenoxy) is 1. The first-order valence-corrected chi connectivity index (χ1v) is 10.4. The summed E-state index contributed by atoms with van der Waals surface area (Å²) in [4.78, 5) is 14.7. The van der Waals surface area contributed by atoms with Crippen molar-refractivity contribution in [1.82, 2.24) is 15.1 Å². The molecule has 1 aromatic heterocycles. The molecule has 2 heterocycles. The molecule has 1 aliphatic rings. The fourth-order valence-corrected chi connectivity index (χ4v) is 4.29. The zero-order chi connectivity index (χ0) is 20.3. The lowest BCUT2D eigenvalue weighted by atomic mass is 9.92. The summed E-state index contributed by atoms with van der Waals surface area (Å²) in [6.07, 6.45) is 0.548. The van der Waals surface area contributed by atoms with Crippen LogP contribution < -0.4 is 4.74 Å². The molecule has 1 fully saturated rings. The van der Waals surface area contributed by atoms with Crippen molar-refractivity contribution in [2.24, 2.45) is 11.8 Å². The summed E-state index contributed by atoms with van der Waals surface area (Å²) in [5.41, 5.74) is 0. The lowest BCUT2D eigenvalue weighted by molar-refractivity contribution is -0.132. The summed E-state index contributed by atoms with van der Waals surface area (Å²) in [5, 5.41) is 7.96. The molecule has 6 nitrogen and oxygen atoms in total. The molecular weight excluding hydrogens is 381 g/mol. The predicted molar refractivity (Wildman–Crippen MR) is 105 cm³/mol. The van der Waals surface area contributed by atoms with Crippen molar-refractivity contribution in [2.45, 2.75) is 50.7 Å². The number of hydrogen-bond donors (Lipinski definition) is 0. The monoisotopic (exact) mass is 407 g/mol. The molecular formula is C20H26FN3O3S. The highest BCUT2D eigenvalue weighted by Crippen LogP contribution is 2.29. The number of para-hydroxylation sites is 1. The van der Waals surface area contributed by atoms with E-state index in [1.54, 1.807) is 25.1 Å². The third-order valence-corrected chi connectivity index (χ3v) is 5.64. The van der Waals surface area contributed by atoms with Gasteiger partial charge in [-0.25, -0.2) is 4.39 Å². The number of carbonyl (C=O) groups excluding carboxylic acids is 1. The Kier molecular flexibility index (Phi) is 6.59. The normalized spacial score (nSPS) is 22.0. The summed E-state index contributed by atoms with van der Waals surface area (Å²) in [6.45, 7) is 9.48. The van der Waals surface area contributed by atoms with E-state index in [0.717, 1.165) is 19.5 Å². The molecule has 1 saturated heterocycles. The number of nitrogens with zero attached hydrogens (tertiary/aromatic N) is 3. The molecule has 3 rings (SSSR count). The molecule has 0 bridgehead atoms. The SMILES string of the molecule is C[C@@H]1C[C@H](C)CN(C(=O)[C@H](C)Sc2nnc([C@@H](C)Oc3ccccc3F)o2)C1. The highest BCUT2D eigenvalue weighted by molar-refractivity contribution is 8.00. The number of aromatic nitrogens is 2. The van der Waals surface area contributed by atoms with Gasteiger partial charge >= 0.3 is 0 Å². The van der Waals surface area contributed by atoms with E-state index < -0.39 is 11.9 Å². The second kappa shape index (κ2) is 8.94. The fraction of sp³-hybridized carbons (Fsp3) is 0.550. The molecule has 0 saturated carbocycles. The smallest absolute Gasteiger partial charge is 0.277 e. The Hall–Kier alpha value is -2.09. The maximum Gasteiger partial charge on any atom is 0.277 e. The van der Waals surface area contributed by atoms with E-state index in [2.05, 4.69) is 24.0 Å². The summed E-state index contributed by atoms with van der Waals surface area (Å²) < 4.78 is 24.9. The second-order valence-electron chi connectivity index (χ2n) is 7.55. The summed E-state index contributed by atoms with van der Waals surface area (Å²) in [7, 11) is 0. The molecule has 0 spiro atoms. The number of amides is 1. The number of hydrogen-bond acceptors (Lipinski definition) is 6. The quantitative estimate of drug-likeness (QED) is 0.664. The van der Waals surface area contributed by atoms with E-state index in [9.17, 15) is 9.18 Å². The largest absolute Gasteiger partial charge is 0.478 e. The number of benzene rings is 1. The average Bonchev–Trinajstić information content (AvgIpc) is 3.10. The van der Waals surface area contributed by atoms with Gasteiger partial charge in [0, 0.05) is 13.1 Å². The van der Waals surface area contributed by atoms with Gasteiger partial charge in [-0.15, -0.1) is 10.2 Å². The minimum Gasteiger partial charge on any atom is -0.478 e. The van der Waals surface area contributed by atoms with Gasteiger partial charge < -0.3 is 14.1 Å². The van der Waals surface area contributed by atoms with Gasteiger partial charge in [0.1, 0.15) is 0 Å². The third kappa shape index (κ3) is 5.04. The van der Waals surface area contributed by atoms with Crippen LogP contribution in [0.3, 0.4) is 0 Å². The Bertz CT molecular complexity index is 805. The second-order valence-corrected chi connectivity index (χ2v) is 8.84. The Morgan fingerprint density at radius 3 is 2.61 bits per heavy atom. The van der Waals surface area contributed by atoms with Crippen LogP contribution in [0.5, 0.6) is 5.75 Å². The first-order valence-electron chi connectivity index (χ1n) is 9.53. The average molecular weight is 408 g/mol. The van der Waals surface area contributed by atoms with Crippen molar-refractivity contribution in [3.63, 3.8) is 0 Å². The van der Waals surface area contributed by atoms with Crippen LogP contribution in [0.2, 0.25) is 0 Å².